The molecule has 1 atom stereocenters. The minimum atomic E-state index is -0.842. The highest BCUT2D eigenvalue weighted by atomic mass is 16.4. The second-order valence-electron chi connectivity index (χ2n) is 6.13. The van der Waals surface area contributed by atoms with Gasteiger partial charge in [0.1, 0.15) is 0 Å². The SMILES string of the molecule is CCCCN(CCO)C(=O)N1CCC(C(=O)O)(C(C)C)C1. The Morgan fingerprint density at radius 1 is 1.33 bits per heavy atom. The number of rotatable bonds is 7. The van der Waals surface area contributed by atoms with Crippen LogP contribution in [-0.2, 0) is 4.79 Å². The first kappa shape index (κ1) is 17.8. The molecule has 1 aliphatic heterocycles. The fraction of sp³-hybridized carbons (Fsp3) is 0.867. The topological polar surface area (TPSA) is 81.1 Å². The van der Waals surface area contributed by atoms with E-state index in [0.717, 1.165) is 12.8 Å². The third-order valence-electron chi connectivity index (χ3n) is 4.52. The van der Waals surface area contributed by atoms with Crippen molar-refractivity contribution in [3.8, 4) is 0 Å². The lowest BCUT2D eigenvalue weighted by atomic mass is 9.76. The number of amides is 2. The summed E-state index contributed by atoms with van der Waals surface area (Å²) >= 11 is 0. The molecule has 2 N–H and O–H groups in total. The molecule has 1 heterocycles. The average Bonchev–Trinajstić information content (AvgIpc) is 2.89. The Labute approximate surface area is 126 Å². The molecule has 1 rings (SSSR count). The summed E-state index contributed by atoms with van der Waals surface area (Å²) in [5.41, 5.74) is -0.842. The van der Waals surface area contributed by atoms with Gasteiger partial charge in [0, 0.05) is 26.2 Å². The standard InChI is InChI=1S/C15H28N2O4/c1-4-5-7-16(9-10-18)14(21)17-8-6-15(11-17,12(2)3)13(19)20/h12,18H,4-11H2,1-3H3,(H,19,20). The monoisotopic (exact) mass is 300 g/mol. The van der Waals surface area contributed by atoms with Crippen LogP contribution in [0.4, 0.5) is 4.79 Å². The van der Waals surface area contributed by atoms with Gasteiger partial charge in [0.2, 0.25) is 0 Å². The third-order valence-corrected chi connectivity index (χ3v) is 4.52. The Bertz CT molecular complexity index is 373. The van der Waals surface area contributed by atoms with E-state index < -0.39 is 11.4 Å². The second-order valence-corrected chi connectivity index (χ2v) is 6.13. The highest BCUT2D eigenvalue weighted by molar-refractivity contribution is 5.80. The highest BCUT2D eigenvalue weighted by Crippen LogP contribution is 2.38. The first-order valence-electron chi connectivity index (χ1n) is 7.77. The van der Waals surface area contributed by atoms with E-state index in [-0.39, 0.29) is 25.1 Å². The quantitative estimate of drug-likeness (QED) is 0.749. The molecular weight excluding hydrogens is 272 g/mol. The van der Waals surface area contributed by atoms with Gasteiger partial charge in [-0.2, -0.15) is 0 Å². The van der Waals surface area contributed by atoms with Crippen molar-refractivity contribution in [1.82, 2.24) is 9.80 Å². The summed E-state index contributed by atoms with van der Waals surface area (Å²) in [6, 6.07) is -0.152. The molecule has 122 valence electrons. The molecule has 1 saturated heterocycles. The minimum Gasteiger partial charge on any atom is -0.481 e. The van der Waals surface area contributed by atoms with Crippen molar-refractivity contribution in [2.45, 2.75) is 40.0 Å². The van der Waals surface area contributed by atoms with Gasteiger partial charge in [-0.05, 0) is 18.8 Å². The number of hydrogen-bond donors (Lipinski definition) is 2. The molecule has 1 aliphatic rings. The molecule has 0 aromatic rings. The summed E-state index contributed by atoms with van der Waals surface area (Å²) in [6.45, 7) is 7.40. The van der Waals surface area contributed by atoms with Gasteiger partial charge >= 0.3 is 12.0 Å². The van der Waals surface area contributed by atoms with Crippen molar-refractivity contribution in [3.63, 3.8) is 0 Å². The van der Waals surface area contributed by atoms with Gasteiger partial charge in [0.05, 0.1) is 12.0 Å². The molecule has 1 fully saturated rings. The third kappa shape index (κ3) is 3.87. The fourth-order valence-electron chi connectivity index (χ4n) is 2.86. The van der Waals surface area contributed by atoms with E-state index in [4.69, 9.17) is 5.11 Å². The molecule has 6 nitrogen and oxygen atoms in total. The van der Waals surface area contributed by atoms with E-state index in [0.29, 0.717) is 26.1 Å². The number of carboxylic acids is 1. The zero-order chi connectivity index (χ0) is 16.0. The maximum atomic E-state index is 12.5. The van der Waals surface area contributed by atoms with Crippen LogP contribution < -0.4 is 0 Å². The number of carboxylic acid groups (broad SMARTS) is 1. The molecular formula is C15H28N2O4. The Kier molecular flexibility index (Phi) is 6.45. The molecule has 2 amide bonds. The molecule has 0 bridgehead atoms. The number of likely N-dealkylation sites (tertiary alicyclic amines) is 1. The maximum Gasteiger partial charge on any atom is 0.320 e. The van der Waals surface area contributed by atoms with Gasteiger partial charge in [-0.3, -0.25) is 4.79 Å². The first-order valence-corrected chi connectivity index (χ1v) is 7.77. The number of urea groups is 1. The van der Waals surface area contributed by atoms with Crippen molar-refractivity contribution < 1.29 is 19.8 Å². The van der Waals surface area contributed by atoms with Crippen LogP contribution in [-0.4, -0.2) is 64.8 Å². The molecule has 0 radical (unpaired) electrons. The molecule has 0 aromatic heterocycles. The largest absolute Gasteiger partial charge is 0.481 e. The van der Waals surface area contributed by atoms with Crippen LogP contribution in [0, 0.1) is 11.3 Å². The predicted molar refractivity (Wildman–Crippen MR) is 80.1 cm³/mol. The van der Waals surface area contributed by atoms with Crippen molar-refractivity contribution in [2.24, 2.45) is 11.3 Å². The van der Waals surface area contributed by atoms with Gasteiger partial charge in [-0.15, -0.1) is 0 Å². The second kappa shape index (κ2) is 7.64. The van der Waals surface area contributed by atoms with Crippen LogP contribution in [0.15, 0.2) is 0 Å². The summed E-state index contributed by atoms with van der Waals surface area (Å²) < 4.78 is 0. The Hall–Kier alpha value is -1.30. The minimum absolute atomic E-state index is 0.0188. The number of aliphatic carboxylic acids is 1. The number of hydrogen-bond acceptors (Lipinski definition) is 3. The van der Waals surface area contributed by atoms with Gasteiger partial charge in [0.25, 0.3) is 0 Å². The lowest BCUT2D eigenvalue weighted by Crippen LogP contribution is -2.46. The van der Waals surface area contributed by atoms with E-state index in [1.165, 1.54) is 0 Å². The smallest absolute Gasteiger partial charge is 0.320 e. The lowest BCUT2D eigenvalue weighted by Gasteiger charge is -2.31. The molecule has 21 heavy (non-hydrogen) atoms. The van der Waals surface area contributed by atoms with Crippen LogP contribution in [0.1, 0.15) is 40.0 Å². The molecule has 0 aliphatic carbocycles. The van der Waals surface area contributed by atoms with Crippen LogP contribution in [0.5, 0.6) is 0 Å². The normalized spacial score (nSPS) is 21.9. The summed E-state index contributed by atoms with van der Waals surface area (Å²) in [7, 11) is 0. The van der Waals surface area contributed by atoms with E-state index >= 15 is 0 Å². The van der Waals surface area contributed by atoms with Gasteiger partial charge in [-0.25, -0.2) is 4.79 Å². The van der Waals surface area contributed by atoms with Crippen molar-refractivity contribution in [1.29, 1.82) is 0 Å². The van der Waals surface area contributed by atoms with Gasteiger partial charge in [0.15, 0.2) is 0 Å². The van der Waals surface area contributed by atoms with E-state index in [9.17, 15) is 14.7 Å². The summed E-state index contributed by atoms with van der Waals surface area (Å²) in [5, 5.41) is 18.6. The van der Waals surface area contributed by atoms with Crippen LogP contribution in [0.3, 0.4) is 0 Å². The van der Waals surface area contributed by atoms with Crippen LogP contribution in [0.25, 0.3) is 0 Å². The summed E-state index contributed by atoms with van der Waals surface area (Å²) in [5.74, 6) is -0.843. The van der Waals surface area contributed by atoms with Gasteiger partial charge < -0.3 is 20.0 Å². The molecule has 0 spiro atoms. The highest BCUT2D eigenvalue weighted by Gasteiger charge is 2.48. The lowest BCUT2D eigenvalue weighted by molar-refractivity contribution is -0.150. The number of carbonyl (C=O) groups is 2. The van der Waals surface area contributed by atoms with Crippen molar-refractivity contribution in [2.75, 3.05) is 32.8 Å². The Morgan fingerprint density at radius 3 is 2.43 bits per heavy atom. The summed E-state index contributed by atoms with van der Waals surface area (Å²) in [4.78, 5) is 27.4. The van der Waals surface area contributed by atoms with Crippen molar-refractivity contribution in [3.05, 3.63) is 0 Å². The number of nitrogens with zero attached hydrogens (tertiary/aromatic N) is 2. The Morgan fingerprint density at radius 2 is 2.00 bits per heavy atom. The van der Waals surface area contributed by atoms with Crippen LogP contribution >= 0.6 is 0 Å². The molecule has 6 heteroatoms. The number of unbranched alkanes of at least 4 members (excludes halogenated alkanes) is 1. The predicted octanol–water partition coefficient (Wildman–Crippen LogP) is 1.63. The number of carbonyl (C=O) groups excluding carboxylic acids is 1. The molecule has 1 unspecified atom stereocenters. The van der Waals surface area contributed by atoms with E-state index in [1.807, 2.05) is 20.8 Å². The summed E-state index contributed by atoms with van der Waals surface area (Å²) in [6.07, 6.45) is 2.35. The maximum absolute atomic E-state index is 12.5. The fourth-order valence-corrected chi connectivity index (χ4v) is 2.86. The van der Waals surface area contributed by atoms with Crippen LogP contribution in [0.2, 0.25) is 0 Å². The number of aliphatic hydroxyl groups is 1. The number of aliphatic hydroxyl groups excluding tert-OH is 1. The molecule has 0 aromatic carbocycles. The zero-order valence-electron chi connectivity index (χ0n) is 13.3. The van der Waals surface area contributed by atoms with E-state index in [2.05, 4.69) is 0 Å². The Balaban J connectivity index is 2.77. The first-order chi connectivity index (χ1) is 9.89. The van der Waals surface area contributed by atoms with E-state index in [1.54, 1.807) is 9.80 Å². The zero-order valence-corrected chi connectivity index (χ0v) is 13.3. The van der Waals surface area contributed by atoms with Gasteiger partial charge in [-0.1, -0.05) is 27.2 Å². The van der Waals surface area contributed by atoms with Crippen molar-refractivity contribution >= 4 is 12.0 Å². The average molecular weight is 300 g/mol. The molecule has 0 saturated carbocycles.